The number of rotatable bonds is 12. The maximum Gasteiger partial charge on any atom is 0.249 e. The SMILES string of the molecule is CCCCc1ccc(Oc2cc3c4c(c2)N(c2ccc(I)cc2)c2cc5c(cc2B4c2ccccc2S3)B2c3ccccc3Sc3cc(Oc4ccc(CCCC)cc4)cc(c32)N5c2ccc(I)cc2)cc1. The average molecular weight is 1190 g/mol. The third kappa shape index (κ3) is 8.34. The zero-order valence-corrected chi connectivity index (χ0v) is 45.9. The average Bonchev–Trinajstić information content (AvgIpc) is 3.41. The number of aryl methyl sites for hydroxylation is 2. The predicted molar refractivity (Wildman–Crippen MR) is 322 cm³/mol. The first kappa shape index (κ1) is 46.3. The molecule has 72 heavy (non-hydrogen) atoms. The number of benzene rings is 9. The third-order valence-corrected chi connectivity index (χ3v) is 18.3. The van der Waals surface area contributed by atoms with Gasteiger partial charge >= 0.3 is 0 Å². The highest BCUT2D eigenvalue weighted by molar-refractivity contribution is 14.1. The summed E-state index contributed by atoms with van der Waals surface area (Å²) in [5.74, 6) is 3.34. The molecule has 9 aromatic rings. The minimum atomic E-state index is -0.00952. The molecule has 0 unspecified atom stereocenters. The molecule has 0 N–H and O–H groups in total. The molecule has 0 aromatic heterocycles. The van der Waals surface area contributed by atoms with Gasteiger partial charge < -0.3 is 19.3 Å². The van der Waals surface area contributed by atoms with Gasteiger partial charge in [0.1, 0.15) is 23.0 Å². The lowest BCUT2D eigenvalue weighted by Gasteiger charge is -2.44. The number of unbranched alkanes of at least 4 members (excludes halogenated alkanes) is 2. The molecule has 9 aromatic carbocycles. The second-order valence-electron chi connectivity index (χ2n) is 19.1. The van der Waals surface area contributed by atoms with Crippen molar-refractivity contribution in [3.63, 3.8) is 0 Å². The van der Waals surface area contributed by atoms with Crippen molar-refractivity contribution < 1.29 is 9.47 Å². The maximum atomic E-state index is 6.89. The third-order valence-electron chi connectivity index (χ3n) is 14.6. The number of fused-ring (bicyclic) bond motifs is 8. The fourth-order valence-electron chi connectivity index (χ4n) is 11.2. The van der Waals surface area contributed by atoms with Gasteiger partial charge in [-0.25, -0.2) is 0 Å². The van der Waals surface area contributed by atoms with Crippen molar-refractivity contribution in [3.05, 3.63) is 200 Å². The Morgan fingerprint density at radius 3 is 1.24 bits per heavy atom. The zero-order valence-electron chi connectivity index (χ0n) is 40.0. The van der Waals surface area contributed by atoms with Crippen LogP contribution in [0.15, 0.2) is 202 Å². The van der Waals surface area contributed by atoms with Gasteiger partial charge in [-0.05, 0) is 207 Å². The molecule has 0 spiro atoms. The van der Waals surface area contributed by atoms with Crippen molar-refractivity contribution in [1.82, 2.24) is 0 Å². The molecule has 4 aliphatic rings. The van der Waals surface area contributed by atoms with E-state index in [0.717, 1.165) is 70.0 Å². The molecule has 4 aliphatic heterocycles. The number of ether oxygens (including phenoxy) is 2. The van der Waals surface area contributed by atoms with Crippen LogP contribution in [0.5, 0.6) is 23.0 Å². The van der Waals surface area contributed by atoms with Crippen molar-refractivity contribution in [2.24, 2.45) is 0 Å². The Bertz CT molecular complexity index is 3330. The molecule has 0 saturated heterocycles. The quantitative estimate of drug-likeness (QED) is 0.0893. The van der Waals surface area contributed by atoms with Crippen molar-refractivity contribution in [3.8, 4) is 23.0 Å². The minimum absolute atomic E-state index is 0.00952. The molecule has 0 saturated carbocycles. The maximum absolute atomic E-state index is 6.89. The topological polar surface area (TPSA) is 24.9 Å². The first-order chi connectivity index (χ1) is 35.4. The monoisotopic (exact) mass is 1190 g/mol. The molecule has 10 heteroatoms. The molecule has 0 bridgehead atoms. The van der Waals surface area contributed by atoms with Gasteiger partial charge in [-0.15, -0.1) is 0 Å². The Labute approximate surface area is 459 Å². The van der Waals surface area contributed by atoms with Crippen LogP contribution in [0.1, 0.15) is 50.7 Å². The molecular weight excluding hydrogens is 1140 g/mol. The smallest absolute Gasteiger partial charge is 0.249 e. The summed E-state index contributed by atoms with van der Waals surface area (Å²) < 4.78 is 16.2. The molecule has 0 amide bonds. The van der Waals surface area contributed by atoms with Crippen LogP contribution in [-0.4, -0.2) is 13.4 Å². The van der Waals surface area contributed by atoms with Crippen LogP contribution < -0.4 is 52.1 Å². The highest BCUT2D eigenvalue weighted by atomic mass is 127. The van der Waals surface area contributed by atoms with Gasteiger partial charge in [-0.1, -0.05) is 128 Å². The summed E-state index contributed by atoms with van der Waals surface area (Å²) in [4.78, 5) is 10.0. The van der Waals surface area contributed by atoms with E-state index in [2.05, 4.69) is 251 Å². The molecule has 0 atom stereocenters. The summed E-state index contributed by atoms with van der Waals surface area (Å²) in [6.45, 7) is 4.47. The minimum Gasteiger partial charge on any atom is -0.457 e. The Kier molecular flexibility index (Phi) is 12.5. The lowest BCUT2D eigenvalue weighted by atomic mass is 9.31. The van der Waals surface area contributed by atoms with Crippen LogP contribution in [0.4, 0.5) is 34.1 Å². The first-order valence-electron chi connectivity index (χ1n) is 25.1. The summed E-state index contributed by atoms with van der Waals surface area (Å²) >= 11 is 8.57. The lowest BCUT2D eigenvalue weighted by molar-refractivity contribution is 0.481. The van der Waals surface area contributed by atoms with E-state index in [-0.39, 0.29) is 13.4 Å². The van der Waals surface area contributed by atoms with E-state index in [1.54, 1.807) is 0 Å². The highest BCUT2D eigenvalue weighted by Crippen LogP contribution is 2.49. The van der Waals surface area contributed by atoms with Gasteiger partial charge in [0.15, 0.2) is 0 Å². The molecule has 4 nitrogen and oxygen atoms in total. The number of anilines is 6. The summed E-state index contributed by atoms with van der Waals surface area (Å²) in [7, 11) is 0. The van der Waals surface area contributed by atoms with Crippen molar-refractivity contribution in [2.45, 2.75) is 72.0 Å². The summed E-state index contributed by atoms with van der Waals surface area (Å²) in [5.41, 5.74) is 17.4. The molecule has 0 radical (unpaired) electrons. The van der Waals surface area contributed by atoms with Gasteiger partial charge in [-0.2, -0.15) is 0 Å². The van der Waals surface area contributed by atoms with Crippen LogP contribution in [0.2, 0.25) is 0 Å². The largest absolute Gasteiger partial charge is 0.457 e. The summed E-state index contributed by atoms with van der Waals surface area (Å²) in [6.07, 6.45) is 6.87. The fraction of sp³-hybridized carbons (Fsp3) is 0.129. The number of hydrogen-bond acceptors (Lipinski definition) is 6. The first-order valence-corrected chi connectivity index (χ1v) is 28.9. The Morgan fingerprint density at radius 1 is 0.403 bits per heavy atom. The number of halogens is 2. The number of hydrogen-bond donors (Lipinski definition) is 0. The van der Waals surface area contributed by atoms with Gasteiger partial charge in [0.2, 0.25) is 13.4 Å². The van der Waals surface area contributed by atoms with Gasteiger partial charge in [0, 0.05) is 73.0 Å². The van der Waals surface area contributed by atoms with Crippen molar-refractivity contribution in [2.75, 3.05) is 9.80 Å². The second-order valence-corrected chi connectivity index (χ2v) is 23.8. The number of nitrogens with zero attached hydrogens (tertiary/aromatic N) is 2. The van der Waals surface area contributed by atoms with E-state index < -0.39 is 0 Å². The standard InChI is InChI=1S/C62H48B2I2N2O2S2/c1-3-5-11-39-17-29-45(30-18-39)69-47-33-55-61-59(35-47)71-57-15-9-7-13-49(57)63(61)51-37-52-54(38-53(51)67(55)43-25-21-41(65)22-26-43)68(44-27-23-42(66)24-28-44)56-34-48(70-46-31-19-40(20-32-46)12-6-4-2)36-60-62(56)64(52)50-14-8-10-16-58(50)72-60/h7-10,13-38H,3-6,11-12H2,1-2H3. The molecule has 0 fully saturated rings. The highest BCUT2D eigenvalue weighted by Gasteiger charge is 2.46. The van der Waals surface area contributed by atoms with Crippen molar-refractivity contribution >= 4 is 149 Å². The molecule has 0 aliphatic carbocycles. The Morgan fingerprint density at radius 2 is 0.819 bits per heavy atom. The fourth-order valence-corrected chi connectivity index (χ4v) is 14.3. The van der Waals surface area contributed by atoms with Crippen LogP contribution in [-0.2, 0) is 12.8 Å². The van der Waals surface area contributed by atoms with Crippen molar-refractivity contribution in [1.29, 1.82) is 0 Å². The normalized spacial score (nSPS) is 13.4. The van der Waals surface area contributed by atoms with Crippen LogP contribution in [0.25, 0.3) is 0 Å². The Hall–Kier alpha value is -5.53. The van der Waals surface area contributed by atoms with E-state index >= 15 is 0 Å². The Balaban J connectivity index is 1.04. The van der Waals surface area contributed by atoms with E-state index in [1.165, 1.54) is 96.3 Å². The van der Waals surface area contributed by atoms with Crippen LogP contribution in [0, 0.1) is 7.14 Å². The molecule has 350 valence electrons. The molecule has 13 rings (SSSR count). The van der Waals surface area contributed by atoms with Crippen LogP contribution in [0.3, 0.4) is 0 Å². The predicted octanol–water partition coefficient (Wildman–Crippen LogP) is 14.7. The molecular formula is C62H48B2I2N2O2S2. The molecule has 4 heterocycles. The van der Waals surface area contributed by atoms with E-state index in [0.29, 0.717) is 0 Å². The summed E-state index contributed by atoms with van der Waals surface area (Å²) in [6, 6.07) is 67.7. The zero-order chi connectivity index (χ0) is 48.5. The van der Waals surface area contributed by atoms with Gasteiger partial charge in [0.25, 0.3) is 0 Å². The summed E-state index contributed by atoms with van der Waals surface area (Å²) in [5, 5.41) is 0. The van der Waals surface area contributed by atoms with E-state index in [4.69, 9.17) is 9.47 Å². The van der Waals surface area contributed by atoms with E-state index in [1.807, 2.05) is 23.5 Å². The second kappa shape index (κ2) is 19.4. The lowest BCUT2D eigenvalue weighted by Crippen LogP contribution is -2.64. The van der Waals surface area contributed by atoms with Crippen LogP contribution >= 0.6 is 68.7 Å². The van der Waals surface area contributed by atoms with Gasteiger partial charge in [-0.3, -0.25) is 0 Å². The van der Waals surface area contributed by atoms with Gasteiger partial charge in [0.05, 0.1) is 0 Å². The van der Waals surface area contributed by atoms with E-state index in [9.17, 15) is 0 Å².